The molecule has 0 spiro atoms. The fraction of sp³-hybridized carbons (Fsp3) is 0.875. The van der Waals surface area contributed by atoms with Gasteiger partial charge in [-0.15, -0.1) is 4.28 Å². The van der Waals surface area contributed by atoms with Gasteiger partial charge in [0.05, 0.1) is 12.6 Å². The third-order valence-corrected chi connectivity index (χ3v) is 6.38. The van der Waals surface area contributed by atoms with Gasteiger partial charge in [-0.3, -0.25) is 14.2 Å². The summed E-state index contributed by atoms with van der Waals surface area (Å²) in [5.74, 6) is 0.131. The molecule has 0 aromatic rings. The van der Waals surface area contributed by atoms with Gasteiger partial charge in [-0.05, 0) is 51.2 Å². The molecule has 4 fully saturated rings. The standard InChI is InChI=1S/C16H27N5O7S/c22-15(18-27-10-12-6-11(7-17-12)8-19-4-1-5-19)14-3-2-13-9-20(14)16(23)21(13)28-29(24,25)26/h11-14,17H,1-10H2,(H,18,22)(H,24,25,26)/t11-,12+,13+,14-/m0/s1. The van der Waals surface area contributed by atoms with Crippen LogP contribution in [0.25, 0.3) is 0 Å². The smallest absolute Gasteiger partial charge is 0.311 e. The van der Waals surface area contributed by atoms with Gasteiger partial charge in [0.2, 0.25) is 0 Å². The molecule has 3 amide bonds. The fourth-order valence-corrected chi connectivity index (χ4v) is 4.87. The summed E-state index contributed by atoms with van der Waals surface area (Å²) in [7, 11) is -4.81. The number of nitrogens with zero attached hydrogens (tertiary/aromatic N) is 3. The number of amides is 3. The molecule has 4 aliphatic heterocycles. The molecule has 3 N–H and O–H groups in total. The lowest BCUT2D eigenvalue weighted by Crippen LogP contribution is -2.50. The first-order valence-electron chi connectivity index (χ1n) is 9.94. The Morgan fingerprint density at radius 1 is 1.31 bits per heavy atom. The maximum absolute atomic E-state index is 12.5. The van der Waals surface area contributed by atoms with E-state index in [9.17, 15) is 18.0 Å². The summed E-state index contributed by atoms with van der Waals surface area (Å²) in [4.78, 5) is 33.9. The van der Waals surface area contributed by atoms with Crippen LogP contribution in [0.3, 0.4) is 0 Å². The van der Waals surface area contributed by atoms with Crippen LogP contribution < -0.4 is 10.8 Å². The van der Waals surface area contributed by atoms with Crippen LogP contribution in [0, 0.1) is 5.92 Å². The quantitative estimate of drug-likeness (QED) is 0.315. The number of fused-ring (bicyclic) bond motifs is 2. The number of rotatable bonds is 8. The van der Waals surface area contributed by atoms with Crippen LogP contribution in [0.2, 0.25) is 0 Å². The Labute approximate surface area is 169 Å². The van der Waals surface area contributed by atoms with Crippen molar-refractivity contribution < 1.29 is 31.7 Å². The Morgan fingerprint density at radius 2 is 2.10 bits per heavy atom. The third-order valence-electron chi connectivity index (χ3n) is 6.04. The second-order valence-corrected chi connectivity index (χ2v) is 9.15. The molecule has 0 radical (unpaired) electrons. The minimum Gasteiger partial charge on any atom is -0.311 e. The van der Waals surface area contributed by atoms with Gasteiger partial charge in [0.25, 0.3) is 5.91 Å². The third kappa shape index (κ3) is 4.81. The van der Waals surface area contributed by atoms with E-state index in [-0.39, 0.29) is 12.6 Å². The fourth-order valence-electron chi connectivity index (χ4n) is 4.48. The van der Waals surface area contributed by atoms with Crippen LogP contribution in [-0.4, -0.2) is 97.2 Å². The SMILES string of the molecule is O=C(NOC[C@H]1C[C@H](CN2CCC2)CN1)[C@@H]1CC[C@@H]2CN1C(=O)N2OS(=O)(=O)O. The highest BCUT2D eigenvalue weighted by Gasteiger charge is 2.49. The molecule has 0 saturated carbocycles. The van der Waals surface area contributed by atoms with Crippen molar-refractivity contribution in [3.63, 3.8) is 0 Å². The van der Waals surface area contributed by atoms with E-state index < -0.39 is 34.4 Å². The Hall–Kier alpha value is -1.51. The number of likely N-dealkylation sites (tertiary alicyclic amines) is 1. The summed E-state index contributed by atoms with van der Waals surface area (Å²) in [6.07, 6.45) is 2.98. The van der Waals surface area contributed by atoms with Crippen molar-refractivity contribution in [1.82, 2.24) is 25.7 Å². The number of carbonyl (C=O) groups excluding carboxylic acids is 2. The Kier molecular flexibility index (Phi) is 5.95. The van der Waals surface area contributed by atoms with Crippen LogP contribution >= 0.6 is 0 Å². The van der Waals surface area contributed by atoms with Crippen LogP contribution in [-0.2, 0) is 24.3 Å². The number of carbonyl (C=O) groups is 2. The van der Waals surface area contributed by atoms with Gasteiger partial charge in [0, 0.05) is 19.1 Å². The molecule has 164 valence electrons. The van der Waals surface area contributed by atoms with Crippen molar-refractivity contribution in [1.29, 1.82) is 0 Å². The zero-order valence-corrected chi connectivity index (χ0v) is 16.8. The first kappa shape index (κ1) is 20.8. The highest BCUT2D eigenvalue weighted by Crippen LogP contribution is 2.30. The van der Waals surface area contributed by atoms with Gasteiger partial charge in [-0.1, -0.05) is 0 Å². The van der Waals surface area contributed by atoms with E-state index in [1.54, 1.807) is 0 Å². The molecule has 13 heteroatoms. The van der Waals surface area contributed by atoms with Gasteiger partial charge in [-0.2, -0.15) is 13.5 Å². The maximum Gasteiger partial charge on any atom is 0.418 e. The van der Waals surface area contributed by atoms with E-state index in [4.69, 9.17) is 9.39 Å². The lowest BCUT2D eigenvalue weighted by atomic mass is 10.0. The van der Waals surface area contributed by atoms with E-state index in [1.807, 2.05) is 0 Å². The predicted octanol–water partition coefficient (Wildman–Crippen LogP) is -1.28. The molecule has 4 aliphatic rings. The summed E-state index contributed by atoms with van der Waals surface area (Å²) < 4.78 is 35.0. The summed E-state index contributed by atoms with van der Waals surface area (Å²) in [5.41, 5.74) is 2.41. The van der Waals surface area contributed by atoms with Crippen molar-refractivity contribution in [2.45, 2.75) is 43.8 Å². The van der Waals surface area contributed by atoms with Gasteiger partial charge >= 0.3 is 16.4 Å². The molecular formula is C16H27N5O7S. The predicted molar refractivity (Wildman–Crippen MR) is 98.4 cm³/mol. The van der Waals surface area contributed by atoms with E-state index >= 15 is 0 Å². The second kappa shape index (κ2) is 8.32. The minimum absolute atomic E-state index is 0.148. The minimum atomic E-state index is -4.81. The normalized spacial score (nSPS) is 32.5. The summed E-state index contributed by atoms with van der Waals surface area (Å²) in [6.45, 7) is 4.88. The number of urea groups is 1. The van der Waals surface area contributed by atoms with Gasteiger partial charge in [0.15, 0.2) is 0 Å². The van der Waals surface area contributed by atoms with Crippen LogP contribution in [0.5, 0.6) is 0 Å². The maximum atomic E-state index is 12.5. The van der Waals surface area contributed by atoms with Crippen LogP contribution in [0.4, 0.5) is 4.79 Å². The lowest BCUT2D eigenvalue weighted by Gasteiger charge is -2.32. The average molecular weight is 433 g/mol. The molecule has 2 bridgehead atoms. The van der Waals surface area contributed by atoms with Crippen molar-refractivity contribution >= 4 is 22.3 Å². The molecule has 4 atom stereocenters. The molecule has 0 aliphatic carbocycles. The number of piperidine rings is 1. The first-order chi connectivity index (χ1) is 13.8. The number of nitrogens with one attached hydrogen (secondary N) is 2. The number of hydroxylamine groups is 3. The Morgan fingerprint density at radius 3 is 2.79 bits per heavy atom. The van der Waals surface area contributed by atoms with Gasteiger partial charge < -0.3 is 15.1 Å². The molecule has 0 aromatic heterocycles. The molecule has 0 unspecified atom stereocenters. The molecule has 0 aromatic carbocycles. The number of hydrogen-bond acceptors (Lipinski definition) is 8. The van der Waals surface area contributed by atoms with Crippen LogP contribution in [0.15, 0.2) is 0 Å². The van der Waals surface area contributed by atoms with Crippen molar-refractivity contribution in [2.24, 2.45) is 5.92 Å². The van der Waals surface area contributed by atoms with E-state index in [0.29, 0.717) is 30.4 Å². The average Bonchev–Trinajstić information content (AvgIpc) is 3.16. The zero-order valence-electron chi connectivity index (χ0n) is 16.0. The van der Waals surface area contributed by atoms with Crippen molar-refractivity contribution in [2.75, 3.05) is 39.3 Å². The van der Waals surface area contributed by atoms with E-state index in [2.05, 4.69) is 20.0 Å². The number of hydrogen-bond donors (Lipinski definition) is 3. The molecule has 4 heterocycles. The molecule has 4 rings (SSSR count). The summed E-state index contributed by atoms with van der Waals surface area (Å²) >= 11 is 0. The summed E-state index contributed by atoms with van der Waals surface area (Å²) in [6, 6.07) is -1.90. The van der Waals surface area contributed by atoms with Gasteiger partial charge in [-0.25, -0.2) is 10.3 Å². The monoisotopic (exact) mass is 433 g/mol. The lowest BCUT2D eigenvalue weighted by molar-refractivity contribution is -0.139. The second-order valence-electron chi connectivity index (χ2n) is 8.15. The molecule has 4 saturated heterocycles. The van der Waals surface area contributed by atoms with E-state index in [1.165, 1.54) is 24.4 Å². The highest BCUT2D eigenvalue weighted by molar-refractivity contribution is 7.80. The highest BCUT2D eigenvalue weighted by atomic mass is 32.3. The Balaban J connectivity index is 1.21. The largest absolute Gasteiger partial charge is 0.418 e. The molecule has 29 heavy (non-hydrogen) atoms. The first-order valence-corrected chi connectivity index (χ1v) is 11.3. The molecule has 12 nitrogen and oxygen atoms in total. The Bertz CT molecular complexity index is 746. The van der Waals surface area contributed by atoms with Crippen molar-refractivity contribution in [3.8, 4) is 0 Å². The van der Waals surface area contributed by atoms with Crippen molar-refractivity contribution in [3.05, 3.63) is 0 Å². The topological polar surface area (TPSA) is 141 Å². The summed E-state index contributed by atoms with van der Waals surface area (Å²) in [5, 5.41) is 4.02. The molecular weight excluding hydrogens is 406 g/mol. The van der Waals surface area contributed by atoms with E-state index in [0.717, 1.165) is 19.5 Å². The van der Waals surface area contributed by atoms with Gasteiger partial charge in [0.1, 0.15) is 6.04 Å². The van der Waals surface area contributed by atoms with Crippen LogP contribution in [0.1, 0.15) is 25.7 Å². The zero-order chi connectivity index (χ0) is 20.6.